The third-order valence-electron chi connectivity index (χ3n) is 5.50. The Morgan fingerprint density at radius 1 is 1.57 bits per heavy atom. The standard InChI is InChI=1S/C19H26O3S/c1-12(2)15-11-19(4)13(3)17(22-18(21)6-5-9-23)8-7-14(19)10-16(15)20/h5-6,10,13,15,17,23H,1,7-9,11H2,2-4H3/b6-5-/t13-,15+,17+,19+/m0/s1. The fourth-order valence-corrected chi connectivity index (χ4v) is 3.91. The quantitative estimate of drug-likeness (QED) is 0.367. The lowest BCUT2D eigenvalue weighted by atomic mass is 9.57. The van der Waals surface area contributed by atoms with Gasteiger partial charge in [-0.05, 0) is 37.7 Å². The maximum atomic E-state index is 12.3. The molecule has 0 aromatic carbocycles. The van der Waals surface area contributed by atoms with Crippen LogP contribution in [-0.4, -0.2) is 23.6 Å². The number of carbonyl (C=O) groups excluding carboxylic acids is 2. The Bertz CT molecular complexity index is 575. The first-order chi connectivity index (χ1) is 10.8. The lowest BCUT2D eigenvalue weighted by Gasteiger charge is -2.49. The zero-order valence-electron chi connectivity index (χ0n) is 14.2. The molecule has 0 heterocycles. The first-order valence-electron chi connectivity index (χ1n) is 8.18. The highest BCUT2D eigenvalue weighted by Gasteiger charge is 2.48. The van der Waals surface area contributed by atoms with Gasteiger partial charge in [-0.1, -0.05) is 37.6 Å². The van der Waals surface area contributed by atoms with Crippen molar-refractivity contribution in [3.05, 3.63) is 36.0 Å². The van der Waals surface area contributed by atoms with Gasteiger partial charge in [0, 0.05) is 23.7 Å². The van der Waals surface area contributed by atoms with Crippen molar-refractivity contribution in [1.82, 2.24) is 0 Å². The van der Waals surface area contributed by atoms with E-state index in [2.05, 4.69) is 33.1 Å². The smallest absolute Gasteiger partial charge is 0.330 e. The van der Waals surface area contributed by atoms with Crippen molar-refractivity contribution in [2.24, 2.45) is 17.3 Å². The van der Waals surface area contributed by atoms with E-state index in [1.807, 2.05) is 13.0 Å². The zero-order valence-corrected chi connectivity index (χ0v) is 15.1. The molecule has 0 spiro atoms. The number of hydrogen-bond acceptors (Lipinski definition) is 4. The van der Waals surface area contributed by atoms with E-state index in [1.165, 1.54) is 11.6 Å². The van der Waals surface area contributed by atoms with Gasteiger partial charge >= 0.3 is 5.97 Å². The van der Waals surface area contributed by atoms with Gasteiger partial charge in [0.2, 0.25) is 0 Å². The summed E-state index contributed by atoms with van der Waals surface area (Å²) in [6.45, 7) is 10.2. The number of ketones is 1. The molecule has 0 N–H and O–H groups in total. The van der Waals surface area contributed by atoms with Crippen molar-refractivity contribution in [2.75, 3.05) is 5.75 Å². The first kappa shape index (κ1) is 18.1. The number of rotatable bonds is 4. The van der Waals surface area contributed by atoms with E-state index < -0.39 is 0 Å². The molecular formula is C19H26O3S. The Morgan fingerprint density at radius 2 is 2.26 bits per heavy atom. The topological polar surface area (TPSA) is 43.4 Å². The average molecular weight is 334 g/mol. The Kier molecular flexibility index (Phi) is 5.56. The number of thiol groups is 1. The Balaban J connectivity index is 2.20. The fourth-order valence-electron chi connectivity index (χ4n) is 3.80. The van der Waals surface area contributed by atoms with E-state index in [9.17, 15) is 9.59 Å². The number of hydrogen-bond donors (Lipinski definition) is 1. The summed E-state index contributed by atoms with van der Waals surface area (Å²) in [7, 11) is 0. The summed E-state index contributed by atoms with van der Waals surface area (Å²) >= 11 is 4.05. The predicted molar refractivity (Wildman–Crippen MR) is 95.4 cm³/mol. The molecule has 2 aliphatic rings. The molecule has 0 aromatic heterocycles. The summed E-state index contributed by atoms with van der Waals surface area (Å²) < 4.78 is 5.65. The second kappa shape index (κ2) is 7.08. The highest BCUT2D eigenvalue weighted by molar-refractivity contribution is 7.80. The van der Waals surface area contributed by atoms with Crippen LogP contribution in [-0.2, 0) is 14.3 Å². The normalized spacial score (nSPS) is 34.0. The number of carbonyl (C=O) groups is 2. The van der Waals surface area contributed by atoms with Crippen LogP contribution in [0, 0.1) is 17.3 Å². The van der Waals surface area contributed by atoms with Crippen LogP contribution in [0.1, 0.15) is 40.0 Å². The second-order valence-electron chi connectivity index (χ2n) is 6.98. The van der Waals surface area contributed by atoms with E-state index in [-0.39, 0.29) is 35.1 Å². The van der Waals surface area contributed by atoms with Crippen LogP contribution in [0.4, 0.5) is 0 Å². The van der Waals surface area contributed by atoms with E-state index >= 15 is 0 Å². The van der Waals surface area contributed by atoms with E-state index in [0.29, 0.717) is 5.75 Å². The third-order valence-corrected chi connectivity index (χ3v) is 5.72. The highest BCUT2D eigenvalue weighted by Crippen LogP contribution is 2.52. The van der Waals surface area contributed by atoms with Gasteiger partial charge in [-0.3, -0.25) is 4.79 Å². The molecule has 0 aliphatic heterocycles. The molecule has 3 nitrogen and oxygen atoms in total. The summed E-state index contributed by atoms with van der Waals surface area (Å²) in [4.78, 5) is 24.2. The van der Waals surface area contributed by atoms with Crippen LogP contribution in [0.2, 0.25) is 0 Å². The van der Waals surface area contributed by atoms with Crippen molar-refractivity contribution in [1.29, 1.82) is 0 Å². The minimum Gasteiger partial charge on any atom is -0.459 e. The molecule has 2 rings (SSSR count). The van der Waals surface area contributed by atoms with Crippen molar-refractivity contribution in [3.63, 3.8) is 0 Å². The lowest BCUT2D eigenvalue weighted by Crippen LogP contribution is -2.46. The summed E-state index contributed by atoms with van der Waals surface area (Å²) in [6, 6.07) is 0. The van der Waals surface area contributed by atoms with Gasteiger partial charge in [0.1, 0.15) is 6.10 Å². The summed E-state index contributed by atoms with van der Waals surface area (Å²) in [5.74, 6) is 0.428. The van der Waals surface area contributed by atoms with Gasteiger partial charge in [-0.15, -0.1) is 0 Å². The van der Waals surface area contributed by atoms with E-state index in [1.54, 1.807) is 6.08 Å². The second-order valence-corrected chi connectivity index (χ2v) is 7.35. The maximum Gasteiger partial charge on any atom is 0.330 e. The summed E-state index contributed by atoms with van der Waals surface area (Å²) in [6.07, 6.45) is 7.16. The molecule has 1 fully saturated rings. The van der Waals surface area contributed by atoms with Crippen molar-refractivity contribution in [2.45, 2.75) is 46.1 Å². The Labute approximate surface area is 144 Å². The van der Waals surface area contributed by atoms with Crippen LogP contribution >= 0.6 is 12.6 Å². The molecular weight excluding hydrogens is 308 g/mol. The molecule has 0 aromatic rings. The van der Waals surface area contributed by atoms with Crippen LogP contribution in [0.25, 0.3) is 0 Å². The molecule has 126 valence electrons. The molecule has 0 unspecified atom stereocenters. The van der Waals surface area contributed by atoms with Crippen molar-refractivity contribution < 1.29 is 14.3 Å². The summed E-state index contributed by atoms with van der Waals surface area (Å²) in [5.41, 5.74) is 1.99. The number of esters is 1. The minimum absolute atomic E-state index is 0.117. The largest absolute Gasteiger partial charge is 0.459 e. The van der Waals surface area contributed by atoms with Gasteiger partial charge < -0.3 is 4.74 Å². The molecule has 1 saturated carbocycles. The summed E-state index contributed by atoms with van der Waals surface area (Å²) in [5, 5.41) is 0. The molecule has 0 radical (unpaired) electrons. The number of fused-ring (bicyclic) bond motifs is 1. The van der Waals surface area contributed by atoms with Crippen molar-refractivity contribution >= 4 is 24.4 Å². The van der Waals surface area contributed by atoms with Crippen LogP contribution in [0.5, 0.6) is 0 Å². The third kappa shape index (κ3) is 3.63. The maximum absolute atomic E-state index is 12.3. The monoisotopic (exact) mass is 334 g/mol. The zero-order chi connectivity index (χ0) is 17.2. The SMILES string of the molecule is C=C(C)[C@H]1C[C@@]2(C)C(=CC1=O)CC[C@@H](OC(=O)/C=C\CS)[C@@H]2C. The van der Waals surface area contributed by atoms with Gasteiger partial charge in [-0.2, -0.15) is 12.6 Å². The number of ether oxygens (including phenoxy) is 1. The Morgan fingerprint density at radius 3 is 2.87 bits per heavy atom. The number of allylic oxidation sites excluding steroid dienone is 3. The molecule has 0 amide bonds. The van der Waals surface area contributed by atoms with Crippen LogP contribution < -0.4 is 0 Å². The highest BCUT2D eigenvalue weighted by atomic mass is 32.1. The molecule has 4 heteroatoms. The minimum atomic E-state index is -0.310. The van der Waals surface area contributed by atoms with E-state index in [0.717, 1.165) is 24.8 Å². The first-order valence-corrected chi connectivity index (χ1v) is 8.81. The van der Waals surface area contributed by atoms with Gasteiger partial charge in [0.15, 0.2) is 5.78 Å². The average Bonchev–Trinajstić information content (AvgIpc) is 2.49. The van der Waals surface area contributed by atoms with E-state index in [4.69, 9.17) is 4.74 Å². The van der Waals surface area contributed by atoms with Crippen molar-refractivity contribution in [3.8, 4) is 0 Å². The van der Waals surface area contributed by atoms with Crippen LogP contribution in [0.15, 0.2) is 36.0 Å². The lowest BCUT2D eigenvalue weighted by molar-refractivity contribution is -0.150. The van der Waals surface area contributed by atoms with Crippen LogP contribution in [0.3, 0.4) is 0 Å². The predicted octanol–water partition coefficient (Wildman–Crippen LogP) is 3.91. The molecule has 2 aliphatic carbocycles. The molecule has 4 atom stereocenters. The van der Waals surface area contributed by atoms with Gasteiger partial charge in [0.05, 0.1) is 0 Å². The van der Waals surface area contributed by atoms with Gasteiger partial charge in [-0.25, -0.2) is 4.79 Å². The molecule has 0 saturated heterocycles. The molecule has 23 heavy (non-hydrogen) atoms. The van der Waals surface area contributed by atoms with Gasteiger partial charge in [0.25, 0.3) is 0 Å². The fraction of sp³-hybridized carbons (Fsp3) is 0.579. The molecule has 0 bridgehead atoms. The Hall–Kier alpha value is -1.29.